The molecule has 2 N–H and O–H groups in total. The lowest BCUT2D eigenvalue weighted by Crippen LogP contribution is -2.34. The summed E-state index contributed by atoms with van der Waals surface area (Å²) in [6, 6.07) is 10.2. The first kappa shape index (κ1) is 14.0. The Balaban J connectivity index is 1.92. The molecule has 0 aliphatic carbocycles. The minimum absolute atomic E-state index is 0.0116. The molecule has 1 aromatic rings. The number of amides is 1. The highest BCUT2D eigenvalue weighted by atomic mass is 16.5. The van der Waals surface area contributed by atoms with E-state index in [1.54, 1.807) is 0 Å². The van der Waals surface area contributed by atoms with Gasteiger partial charge in [0, 0.05) is 31.7 Å². The fourth-order valence-electron chi connectivity index (χ4n) is 2.48. The SMILES string of the molecule is CCCOCC(=O)N1C[C@@H](N)[C@H](c2ccccc2)C1. The van der Waals surface area contributed by atoms with Crippen LogP contribution in [-0.2, 0) is 9.53 Å². The molecule has 0 unspecified atom stereocenters. The lowest BCUT2D eigenvalue weighted by Gasteiger charge is -2.16. The van der Waals surface area contributed by atoms with Gasteiger partial charge in [-0.05, 0) is 12.0 Å². The standard InChI is InChI=1S/C15H22N2O2/c1-2-8-19-11-15(18)17-9-13(14(16)10-17)12-6-4-3-5-7-12/h3-7,13-14H,2,8-11,16H2,1H3/t13-,14+/m0/s1. The zero-order valence-electron chi connectivity index (χ0n) is 11.4. The van der Waals surface area contributed by atoms with E-state index in [1.165, 1.54) is 5.56 Å². The average Bonchev–Trinajstić information content (AvgIpc) is 2.82. The van der Waals surface area contributed by atoms with E-state index in [1.807, 2.05) is 30.0 Å². The van der Waals surface area contributed by atoms with Crippen LogP contribution < -0.4 is 5.73 Å². The number of hydrogen-bond acceptors (Lipinski definition) is 3. The summed E-state index contributed by atoms with van der Waals surface area (Å²) in [4.78, 5) is 13.8. The van der Waals surface area contributed by atoms with Gasteiger partial charge in [0.1, 0.15) is 6.61 Å². The summed E-state index contributed by atoms with van der Waals surface area (Å²) in [6.07, 6.45) is 0.930. The molecular weight excluding hydrogens is 240 g/mol. The molecule has 1 fully saturated rings. The minimum Gasteiger partial charge on any atom is -0.372 e. The van der Waals surface area contributed by atoms with Crippen LogP contribution in [0.4, 0.5) is 0 Å². The van der Waals surface area contributed by atoms with Crippen LogP contribution in [0.2, 0.25) is 0 Å². The number of likely N-dealkylation sites (tertiary alicyclic amines) is 1. The molecule has 19 heavy (non-hydrogen) atoms. The first-order valence-corrected chi connectivity index (χ1v) is 6.88. The molecule has 1 heterocycles. The van der Waals surface area contributed by atoms with Crippen LogP contribution in [0.3, 0.4) is 0 Å². The highest BCUT2D eigenvalue weighted by Crippen LogP contribution is 2.26. The van der Waals surface area contributed by atoms with Gasteiger partial charge in [-0.1, -0.05) is 37.3 Å². The van der Waals surface area contributed by atoms with Crippen molar-refractivity contribution in [1.29, 1.82) is 0 Å². The van der Waals surface area contributed by atoms with Gasteiger partial charge in [-0.25, -0.2) is 0 Å². The maximum Gasteiger partial charge on any atom is 0.248 e. The summed E-state index contributed by atoms with van der Waals surface area (Å²) >= 11 is 0. The van der Waals surface area contributed by atoms with E-state index in [0.717, 1.165) is 6.42 Å². The predicted octanol–water partition coefficient (Wildman–Crippen LogP) is 1.37. The summed E-state index contributed by atoms with van der Waals surface area (Å²) < 4.78 is 5.30. The summed E-state index contributed by atoms with van der Waals surface area (Å²) in [5, 5.41) is 0. The Hall–Kier alpha value is -1.39. The van der Waals surface area contributed by atoms with Gasteiger partial charge in [0.2, 0.25) is 5.91 Å². The number of nitrogens with two attached hydrogens (primary N) is 1. The monoisotopic (exact) mass is 262 g/mol. The van der Waals surface area contributed by atoms with Crippen LogP contribution >= 0.6 is 0 Å². The van der Waals surface area contributed by atoms with E-state index in [0.29, 0.717) is 19.7 Å². The van der Waals surface area contributed by atoms with Gasteiger partial charge < -0.3 is 15.4 Å². The fraction of sp³-hybridized carbons (Fsp3) is 0.533. The van der Waals surface area contributed by atoms with E-state index in [2.05, 4.69) is 12.1 Å². The third-order valence-corrected chi connectivity index (χ3v) is 3.52. The Bertz CT molecular complexity index is 408. The molecule has 1 saturated heterocycles. The van der Waals surface area contributed by atoms with Gasteiger partial charge in [0.25, 0.3) is 0 Å². The van der Waals surface area contributed by atoms with Crippen molar-refractivity contribution in [3.05, 3.63) is 35.9 Å². The number of carbonyl (C=O) groups is 1. The van der Waals surface area contributed by atoms with Crippen molar-refractivity contribution in [3.63, 3.8) is 0 Å². The van der Waals surface area contributed by atoms with Crippen molar-refractivity contribution in [2.75, 3.05) is 26.3 Å². The first-order chi connectivity index (χ1) is 9.22. The molecule has 1 aliphatic rings. The minimum atomic E-state index is 0.0116. The highest BCUT2D eigenvalue weighted by molar-refractivity contribution is 5.78. The van der Waals surface area contributed by atoms with Crippen LogP contribution in [0, 0.1) is 0 Å². The molecule has 1 aliphatic heterocycles. The third kappa shape index (κ3) is 3.55. The molecule has 0 bridgehead atoms. The lowest BCUT2D eigenvalue weighted by atomic mass is 9.95. The smallest absolute Gasteiger partial charge is 0.248 e. The van der Waals surface area contributed by atoms with Crippen molar-refractivity contribution in [2.24, 2.45) is 5.73 Å². The van der Waals surface area contributed by atoms with E-state index in [4.69, 9.17) is 10.5 Å². The van der Waals surface area contributed by atoms with Crippen molar-refractivity contribution < 1.29 is 9.53 Å². The maximum atomic E-state index is 12.0. The molecule has 0 radical (unpaired) electrons. The average molecular weight is 262 g/mol. The molecule has 4 heteroatoms. The number of hydrogen-bond donors (Lipinski definition) is 1. The van der Waals surface area contributed by atoms with Crippen LogP contribution in [0.25, 0.3) is 0 Å². The van der Waals surface area contributed by atoms with Crippen molar-refractivity contribution in [1.82, 2.24) is 4.90 Å². The lowest BCUT2D eigenvalue weighted by molar-refractivity contribution is -0.135. The van der Waals surface area contributed by atoms with Gasteiger partial charge in [-0.15, -0.1) is 0 Å². The number of rotatable bonds is 5. The van der Waals surface area contributed by atoms with E-state index < -0.39 is 0 Å². The summed E-state index contributed by atoms with van der Waals surface area (Å²) in [7, 11) is 0. The second-order valence-electron chi connectivity index (χ2n) is 5.03. The molecular formula is C15H22N2O2. The van der Waals surface area contributed by atoms with Crippen LogP contribution in [0.1, 0.15) is 24.8 Å². The van der Waals surface area contributed by atoms with Gasteiger partial charge in [-0.3, -0.25) is 4.79 Å². The van der Waals surface area contributed by atoms with Crippen LogP contribution in [0.5, 0.6) is 0 Å². The summed E-state index contributed by atoms with van der Waals surface area (Å²) in [5.41, 5.74) is 7.37. The molecule has 1 aromatic carbocycles. The zero-order valence-corrected chi connectivity index (χ0v) is 11.4. The number of benzene rings is 1. The maximum absolute atomic E-state index is 12.0. The van der Waals surface area contributed by atoms with Gasteiger partial charge in [-0.2, -0.15) is 0 Å². The molecule has 2 atom stereocenters. The second kappa shape index (κ2) is 6.68. The summed E-state index contributed by atoms with van der Waals surface area (Å²) in [5.74, 6) is 0.277. The van der Waals surface area contributed by atoms with E-state index in [-0.39, 0.29) is 24.5 Å². The molecule has 0 aromatic heterocycles. The van der Waals surface area contributed by atoms with Crippen molar-refractivity contribution in [3.8, 4) is 0 Å². The third-order valence-electron chi connectivity index (χ3n) is 3.52. The quantitative estimate of drug-likeness (QED) is 0.815. The van der Waals surface area contributed by atoms with E-state index >= 15 is 0 Å². The Morgan fingerprint density at radius 2 is 2.11 bits per heavy atom. The van der Waals surface area contributed by atoms with Crippen molar-refractivity contribution in [2.45, 2.75) is 25.3 Å². The topological polar surface area (TPSA) is 55.6 Å². The zero-order chi connectivity index (χ0) is 13.7. The molecule has 104 valence electrons. The first-order valence-electron chi connectivity index (χ1n) is 6.88. The van der Waals surface area contributed by atoms with Gasteiger partial charge in [0.15, 0.2) is 0 Å². The Morgan fingerprint density at radius 3 is 2.79 bits per heavy atom. The molecule has 1 amide bonds. The normalized spacial score (nSPS) is 22.7. The van der Waals surface area contributed by atoms with Gasteiger partial charge >= 0.3 is 0 Å². The highest BCUT2D eigenvalue weighted by Gasteiger charge is 2.33. The second-order valence-corrected chi connectivity index (χ2v) is 5.03. The Morgan fingerprint density at radius 1 is 1.37 bits per heavy atom. The van der Waals surface area contributed by atoms with Crippen LogP contribution in [-0.4, -0.2) is 43.2 Å². The Kier molecular flexibility index (Phi) is 4.93. The molecule has 0 spiro atoms. The van der Waals surface area contributed by atoms with E-state index in [9.17, 15) is 4.79 Å². The largest absolute Gasteiger partial charge is 0.372 e. The number of nitrogens with zero attached hydrogens (tertiary/aromatic N) is 1. The summed E-state index contributed by atoms with van der Waals surface area (Å²) in [6.45, 7) is 4.14. The molecule has 4 nitrogen and oxygen atoms in total. The number of carbonyl (C=O) groups excluding carboxylic acids is 1. The van der Waals surface area contributed by atoms with Gasteiger partial charge in [0.05, 0.1) is 0 Å². The predicted molar refractivity (Wildman–Crippen MR) is 74.8 cm³/mol. The van der Waals surface area contributed by atoms with Crippen LogP contribution in [0.15, 0.2) is 30.3 Å². The molecule has 0 saturated carbocycles. The number of ether oxygens (including phenoxy) is 1. The van der Waals surface area contributed by atoms with Crippen molar-refractivity contribution >= 4 is 5.91 Å². The Labute approximate surface area is 114 Å². The fourth-order valence-corrected chi connectivity index (χ4v) is 2.48. The molecule has 2 rings (SSSR count).